The minimum absolute atomic E-state index is 0.157. The van der Waals surface area contributed by atoms with Crippen molar-refractivity contribution in [3.63, 3.8) is 0 Å². The quantitative estimate of drug-likeness (QED) is 0.895. The maximum Gasteiger partial charge on any atom is 0.123 e. The Labute approximate surface area is 114 Å². The Kier molecular flexibility index (Phi) is 3.71. The van der Waals surface area contributed by atoms with E-state index in [0.717, 1.165) is 44.0 Å². The Bertz CT molecular complexity index is 406. The van der Waals surface area contributed by atoms with Crippen molar-refractivity contribution in [3.05, 3.63) is 30.1 Å². The van der Waals surface area contributed by atoms with Crippen molar-refractivity contribution in [2.45, 2.75) is 24.9 Å². The molecule has 2 aliphatic rings. The van der Waals surface area contributed by atoms with Gasteiger partial charge < -0.3 is 10.2 Å². The summed E-state index contributed by atoms with van der Waals surface area (Å²) in [5.74, 6) is -0.157. The molecule has 1 saturated carbocycles. The van der Waals surface area contributed by atoms with E-state index in [1.807, 2.05) is 19.2 Å². The minimum atomic E-state index is -0.157. The third kappa shape index (κ3) is 2.74. The number of nitrogens with one attached hydrogen (secondary N) is 1. The van der Waals surface area contributed by atoms with Crippen molar-refractivity contribution in [1.29, 1.82) is 0 Å². The van der Waals surface area contributed by atoms with Gasteiger partial charge in [0, 0.05) is 44.0 Å². The van der Waals surface area contributed by atoms with E-state index in [1.165, 1.54) is 12.8 Å². The highest BCUT2D eigenvalue weighted by atomic mass is 19.1. The fraction of sp³-hybridized carbons (Fsp3) is 0.600. The summed E-state index contributed by atoms with van der Waals surface area (Å²) in [5.41, 5.74) is 1.14. The Balaban J connectivity index is 1.51. The molecule has 104 valence electrons. The molecule has 0 radical (unpaired) electrons. The molecule has 3 nitrogen and oxygen atoms in total. The number of nitrogens with zero attached hydrogens (tertiary/aromatic N) is 2. The van der Waals surface area contributed by atoms with Crippen molar-refractivity contribution in [2.75, 3.05) is 38.1 Å². The fourth-order valence-electron chi connectivity index (χ4n) is 3.12. The van der Waals surface area contributed by atoms with Crippen molar-refractivity contribution >= 4 is 5.69 Å². The Morgan fingerprint density at radius 1 is 1.05 bits per heavy atom. The van der Waals surface area contributed by atoms with Crippen LogP contribution in [0.15, 0.2) is 24.3 Å². The maximum atomic E-state index is 12.9. The van der Waals surface area contributed by atoms with Crippen molar-refractivity contribution in [3.8, 4) is 0 Å². The number of hydrogen-bond donors (Lipinski definition) is 1. The van der Waals surface area contributed by atoms with Crippen LogP contribution >= 0.6 is 0 Å². The summed E-state index contributed by atoms with van der Waals surface area (Å²) in [6.45, 7) is 4.34. The largest absolute Gasteiger partial charge is 0.369 e. The third-order valence-electron chi connectivity index (χ3n) is 4.54. The second kappa shape index (κ2) is 5.47. The van der Waals surface area contributed by atoms with Crippen LogP contribution in [0.3, 0.4) is 0 Å². The first kappa shape index (κ1) is 12.9. The summed E-state index contributed by atoms with van der Waals surface area (Å²) < 4.78 is 12.9. The fourth-order valence-corrected chi connectivity index (χ4v) is 3.12. The molecule has 0 bridgehead atoms. The molecule has 0 unspecified atom stereocenters. The molecular formula is C15H22FN3. The first-order chi connectivity index (χ1) is 9.26. The van der Waals surface area contributed by atoms with E-state index >= 15 is 0 Å². The number of halogens is 1. The minimum Gasteiger partial charge on any atom is -0.369 e. The molecule has 4 heteroatoms. The monoisotopic (exact) mass is 263 g/mol. The van der Waals surface area contributed by atoms with E-state index in [4.69, 9.17) is 0 Å². The molecule has 1 aliphatic carbocycles. The van der Waals surface area contributed by atoms with Crippen LogP contribution in [0.1, 0.15) is 12.8 Å². The van der Waals surface area contributed by atoms with E-state index in [2.05, 4.69) is 15.1 Å². The number of anilines is 1. The van der Waals surface area contributed by atoms with Gasteiger partial charge in [-0.1, -0.05) is 0 Å². The summed E-state index contributed by atoms with van der Waals surface area (Å²) in [4.78, 5) is 4.96. The molecular weight excluding hydrogens is 241 g/mol. The van der Waals surface area contributed by atoms with Crippen LogP contribution in [0.25, 0.3) is 0 Å². The molecule has 0 atom stereocenters. The van der Waals surface area contributed by atoms with Crippen molar-refractivity contribution in [2.24, 2.45) is 0 Å². The van der Waals surface area contributed by atoms with E-state index in [0.29, 0.717) is 0 Å². The van der Waals surface area contributed by atoms with Gasteiger partial charge in [0.2, 0.25) is 0 Å². The number of hydrogen-bond acceptors (Lipinski definition) is 3. The highest BCUT2D eigenvalue weighted by molar-refractivity contribution is 5.46. The van der Waals surface area contributed by atoms with Crippen LogP contribution in [0.2, 0.25) is 0 Å². The zero-order chi connectivity index (χ0) is 13.2. The number of rotatable bonds is 3. The Morgan fingerprint density at radius 3 is 2.26 bits per heavy atom. The lowest BCUT2D eigenvalue weighted by Gasteiger charge is -2.46. The van der Waals surface area contributed by atoms with Gasteiger partial charge in [0.15, 0.2) is 0 Å². The Morgan fingerprint density at radius 2 is 1.68 bits per heavy atom. The highest BCUT2D eigenvalue weighted by Crippen LogP contribution is 2.27. The summed E-state index contributed by atoms with van der Waals surface area (Å²) in [5, 5.41) is 3.34. The van der Waals surface area contributed by atoms with Crippen LogP contribution in [0.5, 0.6) is 0 Å². The normalized spacial score (nSPS) is 28.2. The average Bonchev–Trinajstić information content (AvgIpc) is 2.39. The Hall–Kier alpha value is -1.13. The van der Waals surface area contributed by atoms with Crippen molar-refractivity contribution < 1.29 is 4.39 Å². The molecule has 1 aliphatic heterocycles. The summed E-state index contributed by atoms with van der Waals surface area (Å²) in [6, 6.07) is 8.35. The summed E-state index contributed by atoms with van der Waals surface area (Å²) >= 11 is 0. The highest BCUT2D eigenvalue weighted by Gasteiger charge is 2.33. The molecule has 3 rings (SSSR count). The van der Waals surface area contributed by atoms with Gasteiger partial charge in [0.25, 0.3) is 0 Å². The summed E-state index contributed by atoms with van der Waals surface area (Å²) in [6.07, 6.45) is 2.57. The van der Waals surface area contributed by atoms with E-state index < -0.39 is 0 Å². The van der Waals surface area contributed by atoms with Gasteiger partial charge in [-0.2, -0.15) is 0 Å². The van der Waals surface area contributed by atoms with Crippen LogP contribution in [0, 0.1) is 5.82 Å². The molecule has 1 heterocycles. The van der Waals surface area contributed by atoms with Gasteiger partial charge in [-0.3, -0.25) is 4.90 Å². The molecule has 0 spiro atoms. The van der Waals surface area contributed by atoms with Crippen molar-refractivity contribution in [1.82, 2.24) is 10.2 Å². The molecule has 1 aromatic carbocycles. The summed E-state index contributed by atoms with van der Waals surface area (Å²) in [7, 11) is 2.05. The van der Waals surface area contributed by atoms with Gasteiger partial charge in [-0.05, 0) is 44.2 Å². The lowest BCUT2D eigenvalue weighted by molar-refractivity contribution is 0.0936. The molecule has 1 aromatic rings. The number of benzene rings is 1. The third-order valence-corrected chi connectivity index (χ3v) is 4.54. The van der Waals surface area contributed by atoms with E-state index in [1.54, 1.807) is 12.1 Å². The van der Waals surface area contributed by atoms with Gasteiger partial charge in [0.1, 0.15) is 5.82 Å². The first-order valence-electron chi connectivity index (χ1n) is 7.18. The maximum absolute atomic E-state index is 12.9. The zero-order valence-electron chi connectivity index (χ0n) is 11.5. The predicted octanol–water partition coefficient (Wildman–Crippen LogP) is 1.70. The van der Waals surface area contributed by atoms with Gasteiger partial charge in [0.05, 0.1) is 0 Å². The molecule has 0 amide bonds. The molecule has 1 saturated heterocycles. The van der Waals surface area contributed by atoms with E-state index in [9.17, 15) is 4.39 Å². The standard InChI is InChI=1S/C15H22FN3/c1-17-13-10-15(11-13)19-8-6-18(7-9-19)14-4-2-12(16)3-5-14/h2-5,13,15,17H,6-11H2,1H3. The smallest absolute Gasteiger partial charge is 0.123 e. The van der Waals surface area contributed by atoms with Gasteiger partial charge in [-0.15, -0.1) is 0 Å². The SMILES string of the molecule is CNC1CC(N2CCN(c3ccc(F)cc3)CC2)C1. The van der Waals surface area contributed by atoms with Gasteiger partial charge in [-0.25, -0.2) is 4.39 Å². The zero-order valence-corrected chi connectivity index (χ0v) is 11.5. The number of piperazine rings is 1. The van der Waals surface area contributed by atoms with Crippen LogP contribution in [-0.4, -0.2) is 50.2 Å². The molecule has 19 heavy (non-hydrogen) atoms. The average molecular weight is 263 g/mol. The predicted molar refractivity (Wildman–Crippen MR) is 76.1 cm³/mol. The lowest BCUT2D eigenvalue weighted by Crippen LogP contribution is -2.57. The topological polar surface area (TPSA) is 18.5 Å². The van der Waals surface area contributed by atoms with Gasteiger partial charge >= 0.3 is 0 Å². The van der Waals surface area contributed by atoms with Crippen LogP contribution < -0.4 is 10.2 Å². The second-order valence-electron chi connectivity index (χ2n) is 5.61. The molecule has 0 aromatic heterocycles. The second-order valence-corrected chi connectivity index (χ2v) is 5.61. The van der Waals surface area contributed by atoms with Crippen LogP contribution in [0.4, 0.5) is 10.1 Å². The first-order valence-corrected chi connectivity index (χ1v) is 7.18. The van der Waals surface area contributed by atoms with E-state index in [-0.39, 0.29) is 5.82 Å². The van der Waals surface area contributed by atoms with Crippen LogP contribution in [-0.2, 0) is 0 Å². The lowest BCUT2D eigenvalue weighted by atomic mass is 9.85. The molecule has 2 fully saturated rings. The molecule has 1 N–H and O–H groups in total.